The average molecular weight is 365 g/mol. The molecule has 1 fully saturated rings. The molecule has 0 aliphatic heterocycles. The van der Waals surface area contributed by atoms with Crippen LogP contribution in [-0.2, 0) is 9.59 Å². The standard InChI is InChI=1S/C22H27N3O2/c1-13-10-18(16-7-5-4-6-8-16)19(11-14(13)2)20(26)22(27)25-17-9-15(3)21(23)24-12-17/h4-9,12-14,18-19H,10-11H2,1-3H3,(H2,23,24)(H,25,27)/t13-,14-,18-,19?/m1/s1. The maximum Gasteiger partial charge on any atom is 0.292 e. The maximum atomic E-state index is 13.0. The van der Waals surface area contributed by atoms with Crippen LogP contribution in [0.25, 0.3) is 0 Å². The number of nitrogens with zero attached hydrogens (tertiary/aromatic N) is 1. The van der Waals surface area contributed by atoms with Gasteiger partial charge in [-0.15, -0.1) is 0 Å². The quantitative estimate of drug-likeness (QED) is 0.804. The fourth-order valence-electron chi connectivity index (χ4n) is 3.97. The van der Waals surface area contributed by atoms with E-state index in [9.17, 15) is 9.59 Å². The number of amides is 1. The fraction of sp³-hybridized carbons (Fsp3) is 0.409. The number of ketones is 1. The number of hydrogen-bond donors (Lipinski definition) is 2. The van der Waals surface area contributed by atoms with Crippen LogP contribution in [0.2, 0.25) is 0 Å². The van der Waals surface area contributed by atoms with Crippen molar-refractivity contribution in [2.75, 3.05) is 11.1 Å². The lowest BCUT2D eigenvalue weighted by atomic mass is 9.66. The molecule has 0 radical (unpaired) electrons. The summed E-state index contributed by atoms with van der Waals surface area (Å²) >= 11 is 0. The number of rotatable bonds is 4. The summed E-state index contributed by atoms with van der Waals surface area (Å²) in [5.74, 6) is 0.186. The smallest absolute Gasteiger partial charge is 0.292 e. The molecule has 1 amide bonds. The van der Waals surface area contributed by atoms with Crippen LogP contribution in [-0.4, -0.2) is 16.7 Å². The number of nitrogens with one attached hydrogen (secondary N) is 1. The first-order valence-electron chi connectivity index (χ1n) is 9.49. The van der Waals surface area contributed by atoms with Crippen LogP contribution in [0.1, 0.15) is 43.7 Å². The molecule has 1 unspecified atom stereocenters. The minimum atomic E-state index is -0.575. The summed E-state index contributed by atoms with van der Waals surface area (Å²) < 4.78 is 0. The van der Waals surface area contributed by atoms with E-state index in [1.54, 1.807) is 6.07 Å². The molecule has 1 aromatic carbocycles. The lowest BCUT2D eigenvalue weighted by Crippen LogP contribution is -2.38. The number of Topliss-reactive ketones (excluding diaryl/α,β-unsaturated/α-hetero) is 1. The highest BCUT2D eigenvalue weighted by Crippen LogP contribution is 2.43. The zero-order valence-electron chi connectivity index (χ0n) is 16.1. The van der Waals surface area contributed by atoms with Gasteiger partial charge in [-0.3, -0.25) is 9.59 Å². The Kier molecular flexibility index (Phi) is 5.59. The van der Waals surface area contributed by atoms with E-state index in [4.69, 9.17) is 5.73 Å². The Labute approximate surface area is 160 Å². The fourth-order valence-corrected chi connectivity index (χ4v) is 3.97. The molecule has 5 heteroatoms. The first-order valence-corrected chi connectivity index (χ1v) is 9.49. The number of carbonyl (C=O) groups excluding carboxylic acids is 2. The first-order chi connectivity index (χ1) is 12.9. The van der Waals surface area contributed by atoms with Crippen LogP contribution in [0, 0.1) is 24.7 Å². The largest absolute Gasteiger partial charge is 0.383 e. The van der Waals surface area contributed by atoms with Crippen molar-refractivity contribution >= 4 is 23.2 Å². The number of benzene rings is 1. The van der Waals surface area contributed by atoms with Gasteiger partial charge in [-0.2, -0.15) is 0 Å². The summed E-state index contributed by atoms with van der Waals surface area (Å²) in [6.45, 7) is 6.21. The Bertz CT molecular complexity index is 835. The van der Waals surface area contributed by atoms with Gasteiger partial charge >= 0.3 is 0 Å². The summed E-state index contributed by atoms with van der Waals surface area (Å²) in [6, 6.07) is 11.8. The predicted octanol–water partition coefficient (Wildman–Crippen LogP) is 3.95. The number of aromatic nitrogens is 1. The summed E-state index contributed by atoms with van der Waals surface area (Å²) in [6.07, 6.45) is 3.12. The van der Waals surface area contributed by atoms with E-state index >= 15 is 0 Å². The van der Waals surface area contributed by atoms with Crippen molar-refractivity contribution in [2.24, 2.45) is 17.8 Å². The van der Waals surface area contributed by atoms with Crippen molar-refractivity contribution in [3.05, 3.63) is 53.7 Å². The van der Waals surface area contributed by atoms with Gasteiger partial charge in [-0.05, 0) is 54.7 Å². The van der Waals surface area contributed by atoms with Gasteiger partial charge in [0.2, 0.25) is 5.78 Å². The number of carbonyl (C=O) groups is 2. The molecule has 1 aromatic heterocycles. The zero-order valence-corrected chi connectivity index (χ0v) is 16.1. The van der Waals surface area contributed by atoms with Crippen LogP contribution in [0.4, 0.5) is 11.5 Å². The minimum absolute atomic E-state index is 0.0712. The van der Waals surface area contributed by atoms with Crippen molar-refractivity contribution in [3.8, 4) is 0 Å². The molecule has 1 saturated carbocycles. The third-order valence-electron chi connectivity index (χ3n) is 5.87. The Hall–Kier alpha value is -2.69. The Balaban J connectivity index is 1.81. The predicted molar refractivity (Wildman–Crippen MR) is 107 cm³/mol. The summed E-state index contributed by atoms with van der Waals surface area (Å²) in [5.41, 5.74) is 8.11. The minimum Gasteiger partial charge on any atom is -0.383 e. The number of nitrogens with two attached hydrogens (primary N) is 1. The number of hydrogen-bond acceptors (Lipinski definition) is 4. The third kappa shape index (κ3) is 4.18. The molecule has 3 N–H and O–H groups in total. The molecule has 1 aliphatic carbocycles. The molecule has 0 spiro atoms. The molecular weight excluding hydrogens is 338 g/mol. The van der Waals surface area contributed by atoms with Crippen molar-refractivity contribution in [3.63, 3.8) is 0 Å². The van der Waals surface area contributed by atoms with Gasteiger partial charge in [-0.25, -0.2) is 4.98 Å². The number of pyridine rings is 1. The van der Waals surface area contributed by atoms with E-state index in [1.807, 2.05) is 25.1 Å². The molecule has 1 heterocycles. The second-order valence-electron chi connectivity index (χ2n) is 7.79. The monoisotopic (exact) mass is 365 g/mol. The van der Waals surface area contributed by atoms with Gasteiger partial charge in [0.25, 0.3) is 5.91 Å². The molecule has 142 valence electrons. The average Bonchev–Trinajstić information content (AvgIpc) is 2.66. The topological polar surface area (TPSA) is 85.1 Å². The number of aryl methyl sites for hydroxylation is 1. The van der Waals surface area contributed by atoms with Crippen LogP contribution in [0.15, 0.2) is 42.6 Å². The molecule has 27 heavy (non-hydrogen) atoms. The highest BCUT2D eigenvalue weighted by Gasteiger charge is 2.40. The van der Waals surface area contributed by atoms with Gasteiger partial charge < -0.3 is 11.1 Å². The van der Waals surface area contributed by atoms with E-state index < -0.39 is 5.91 Å². The second-order valence-corrected chi connectivity index (χ2v) is 7.79. The third-order valence-corrected chi connectivity index (χ3v) is 5.87. The van der Waals surface area contributed by atoms with Crippen LogP contribution in [0.5, 0.6) is 0 Å². The van der Waals surface area contributed by atoms with Gasteiger partial charge in [0.05, 0.1) is 11.9 Å². The van der Waals surface area contributed by atoms with E-state index in [0.29, 0.717) is 23.3 Å². The molecular formula is C22H27N3O2. The molecule has 5 nitrogen and oxygen atoms in total. The lowest BCUT2D eigenvalue weighted by molar-refractivity contribution is -0.139. The Morgan fingerprint density at radius 1 is 1.11 bits per heavy atom. The van der Waals surface area contributed by atoms with Crippen LogP contribution < -0.4 is 11.1 Å². The van der Waals surface area contributed by atoms with Crippen LogP contribution >= 0.6 is 0 Å². The van der Waals surface area contributed by atoms with Gasteiger partial charge in [-0.1, -0.05) is 44.2 Å². The number of nitrogen functional groups attached to an aromatic ring is 1. The Morgan fingerprint density at radius 2 is 1.78 bits per heavy atom. The van der Waals surface area contributed by atoms with Crippen molar-refractivity contribution in [1.82, 2.24) is 4.98 Å². The molecule has 2 aromatic rings. The summed E-state index contributed by atoms with van der Waals surface area (Å²) in [7, 11) is 0. The van der Waals surface area contributed by atoms with E-state index in [0.717, 1.165) is 24.0 Å². The van der Waals surface area contributed by atoms with E-state index in [2.05, 4.69) is 36.3 Å². The van der Waals surface area contributed by atoms with Gasteiger partial charge in [0.15, 0.2) is 0 Å². The van der Waals surface area contributed by atoms with E-state index in [-0.39, 0.29) is 17.6 Å². The number of anilines is 2. The molecule has 0 bridgehead atoms. The van der Waals surface area contributed by atoms with Crippen molar-refractivity contribution in [2.45, 2.75) is 39.5 Å². The molecule has 3 rings (SSSR count). The Morgan fingerprint density at radius 3 is 2.44 bits per heavy atom. The SMILES string of the molecule is Cc1cc(NC(=O)C(=O)C2C[C@@H](C)[C@H](C)C[C@@H]2c2ccccc2)cnc1N. The molecule has 1 aliphatic rings. The molecule has 4 atom stereocenters. The highest BCUT2D eigenvalue weighted by atomic mass is 16.2. The second kappa shape index (κ2) is 7.91. The normalized spacial score (nSPS) is 25.0. The zero-order chi connectivity index (χ0) is 19.6. The lowest BCUT2D eigenvalue weighted by Gasteiger charge is -2.38. The highest BCUT2D eigenvalue weighted by molar-refractivity contribution is 6.41. The van der Waals surface area contributed by atoms with Gasteiger partial charge in [0.1, 0.15) is 5.82 Å². The van der Waals surface area contributed by atoms with Crippen molar-refractivity contribution in [1.29, 1.82) is 0 Å². The van der Waals surface area contributed by atoms with Gasteiger partial charge in [0, 0.05) is 5.92 Å². The maximum absolute atomic E-state index is 13.0. The summed E-state index contributed by atoms with van der Waals surface area (Å²) in [4.78, 5) is 29.7. The first kappa shape index (κ1) is 19.1. The molecule has 0 saturated heterocycles. The van der Waals surface area contributed by atoms with Crippen LogP contribution in [0.3, 0.4) is 0 Å². The van der Waals surface area contributed by atoms with Crippen molar-refractivity contribution < 1.29 is 9.59 Å². The van der Waals surface area contributed by atoms with E-state index in [1.165, 1.54) is 6.20 Å². The summed E-state index contributed by atoms with van der Waals surface area (Å²) in [5, 5.41) is 2.70.